The summed E-state index contributed by atoms with van der Waals surface area (Å²) in [7, 11) is 5.56. The van der Waals surface area contributed by atoms with Gasteiger partial charge in [-0.3, -0.25) is 9.69 Å². The number of guanidine groups is 1. The van der Waals surface area contributed by atoms with E-state index in [9.17, 15) is 4.79 Å². The van der Waals surface area contributed by atoms with Gasteiger partial charge in [0.2, 0.25) is 5.91 Å². The molecule has 1 aromatic heterocycles. The number of carbonyl (C=O) groups excluding carboxylic acids is 1. The fourth-order valence-electron chi connectivity index (χ4n) is 3.66. The van der Waals surface area contributed by atoms with Crippen LogP contribution in [-0.2, 0) is 18.4 Å². The van der Waals surface area contributed by atoms with Gasteiger partial charge in [-0.05, 0) is 32.3 Å². The summed E-state index contributed by atoms with van der Waals surface area (Å²) in [6.45, 7) is 6.78. The first-order chi connectivity index (χ1) is 15.3. The smallest absolute Gasteiger partial charge is 0.236 e. The number of likely N-dealkylation sites (N-methyl/N-ethyl adjacent to an activating group) is 1. The number of likely N-dealkylation sites (tertiary alicyclic amines) is 1. The van der Waals surface area contributed by atoms with Crippen molar-refractivity contribution < 1.29 is 4.79 Å². The van der Waals surface area contributed by atoms with E-state index in [0.717, 1.165) is 43.5 Å². The highest BCUT2D eigenvalue weighted by Crippen LogP contribution is 2.13. The van der Waals surface area contributed by atoms with Crippen LogP contribution in [0.5, 0.6) is 0 Å². The highest BCUT2D eigenvalue weighted by molar-refractivity contribution is 5.80. The molecule has 174 valence electrons. The number of nitrogens with one attached hydrogen (secondary N) is 2. The number of carbonyl (C=O) groups is 1. The van der Waals surface area contributed by atoms with Gasteiger partial charge in [0.1, 0.15) is 12.4 Å². The second kappa shape index (κ2) is 11.1. The fraction of sp³-hybridized carbons (Fsp3) is 0.565. The molecule has 9 nitrogen and oxygen atoms in total. The number of aryl methyl sites for hydroxylation is 1. The molecule has 1 fully saturated rings. The maximum atomic E-state index is 12.0. The molecular formula is C23H36N8O. The number of nitrogens with zero attached hydrogens (tertiary/aromatic N) is 6. The van der Waals surface area contributed by atoms with Gasteiger partial charge in [0, 0.05) is 40.3 Å². The van der Waals surface area contributed by atoms with Crippen LogP contribution < -0.4 is 10.6 Å². The minimum atomic E-state index is 0.112. The molecule has 2 heterocycles. The second-order valence-electron chi connectivity index (χ2n) is 8.65. The van der Waals surface area contributed by atoms with E-state index in [1.165, 1.54) is 5.56 Å². The van der Waals surface area contributed by atoms with Crippen LogP contribution in [0.2, 0.25) is 0 Å². The summed E-state index contributed by atoms with van der Waals surface area (Å²) in [5.41, 5.74) is 1.20. The lowest BCUT2D eigenvalue weighted by Gasteiger charge is -2.33. The largest absolute Gasteiger partial charge is 0.354 e. The number of amides is 1. The topological polar surface area (TPSA) is 90.7 Å². The maximum Gasteiger partial charge on any atom is 0.236 e. The number of rotatable bonds is 7. The average Bonchev–Trinajstić information content (AvgIpc) is 3.11. The molecule has 0 radical (unpaired) electrons. The Hall–Kier alpha value is -2.94. The van der Waals surface area contributed by atoms with Gasteiger partial charge in [-0.2, -0.15) is 0 Å². The predicted octanol–water partition coefficient (Wildman–Crippen LogP) is 1.47. The Kier molecular flexibility index (Phi) is 8.21. The van der Waals surface area contributed by atoms with Gasteiger partial charge in [-0.1, -0.05) is 30.3 Å². The molecule has 1 amide bonds. The molecule has 1 unspecified atom stereocenters. The molecular weight excluding hydrogens is 404 g/mol. The molecule has 2 N–H and O–H groups in total. The standard InChI is InChI=1S/C23H36N8O/c1-17(19-9-7-6-8-10-19)25-23(24-15-21-28-27-18(2)30(21)5)26-20-11-13-31(14-12-20)16-22(32)29(3)4/h6-10,17,20H,11-16H2,1-5H3,(H2,24,25,26). The molecule has 9 heteroatoms. The minimum absolute atomic E-state index is 0.112. The van der Waals surface area contributed by atoms with E-state index in [2.05, 4.69) is 44.8 Å². The Morgan fingerprint density at radius 1 is 1.22 bits per heavy atom. The molecule has 2 aromatic rings. The van der Waals surface area contributed by atoms with Crippen molar-refractivity contribution in [3.8, 4) is 0 Å². The summed E-state index contributed by atoms with van der Waals surface area (Å²) in [5.74, 6) is 2.61. The third kappa shape index (κ3) is 6.53. The van der Waals surface area contributed by atoms with Gasteiger partial charge in [0.05, 0.1) is 12.6 Å². The molecule has 1 saturated heterocycles. The Bertz CT molecular complexity index is 900. The zero-order valence-corrected chi connectivity index (χ0v) is 19.9. The Balaban J connectivity index is 1.64. The van der Waals surface area contributed by atoms with E-state index in [-0.39, 0.29) is 11.9 Å². The average molecular weight is 441 g/mol. The molecule has 32 heavy (non-hydrogen) atoms. The normalized spacial score (nSPS) is 16.6. The van der Waals surface area contributed by atoms with Gasteiger partial charge >= 0.3 is 0 Å². The van der Waals surface area contributed by atoms with Crippen LogP contribution >= 0.6 is 0 Å². The highest BCUT2D eigenvalue weighted by atomic mass is 16.2. The Morgan fingerprint density at radius 2 is 1.91 bits per heavy atom. The van der Waals surface area contributed by atoms with E-state index in [4.69, 9.17) is 4.99 Å². The molecule has 1 atom stereocenters. The maximum absolute atomic E-state index is 12.0. The van der Waals surface area contributed by atoms with E-state index in [1.807, 2.05) is 36.7 Å². The monoisotopic (exact) mass is 440 g/mol. The van der Waals surface area contributed by atoms with Crippen LogP contribution in [0, 0.1) is 6.92 Å². The summed E-state index contributed by atoms with van der Waals surface area (Å²) in [6.07, 6.45) is 1.92. The first kappa shape index (κ1) is 23.7. The number of aromatic nitrogens is 3. The van der Waals surface area contributed by atoms with Gasteiger partial charge < -0.3 is 20.1 Å². The SMILES string of the molecule is Cc1nnc(CN=C(NC2CCN(CC(=O)N(C)C)CC2)NC(C)c2ccccc2)n1C. The van der Waals surface area contributed by atoms with Crippen molar-refractivity contribution >= 4 is 11.9 Å². The predicted molar refractivity (Wildman–Crippen MR) is 126 cm³/mol. The summed E-state index contributed by atoms with van der Waals surface area (Å²) >= 11 is 0. The number of hydrogen-bond acceptors (Lipinski definition) is 5. The Labute approximate surface area is 190 Å². The first-order valence-electron chi connectivity index (χ1n) is 11.2. The number of aliphatic imine (C=N–C) groups is 1. The van der Waals surface area contributed by atoms with Crippen LogP contribution in [0.15, 0.2) is 35.3 Å². The Morgan fingerprint density at radius 3 is 2.50 bits per heavy atom. The van der Waals surface area contributed by atoms with Crippen molar-refractivity contribution in [3.63, 3.8) is 0 Å². The van der Waals surface area contributed by atoms with Gasteiger partial charge in [-0.25, -0.2) is 4.99 Å². The quantitative estimate of drug-likeness (QED) is 0.501. The minimum Gasteiger partial charge on any atom is -0.354 e. The van der Waals surface area contributed by atoms with Crippen molar-refractivity contribution in [1.29, 1.82) is 0 Å². The number of hydrogen-bond donors (Lipinski definition) is 2. The zero-order chi connectivity index (χ0) is 23.1. The van der Waals surface area contributed by atoms with E-state index in [1.54, 1.807) is 19.0 Å². The number of benzene rings is 1. The van der Waals surface area contributed by atoms with E-state index < -0.39 is 0 Å². The molecule has 0 spiro atoms. The van der Waals surface area contributed by atoms with Crippen LogP contribution in [-0.4, -0.2) is 76.2 Å². The molecule has 0 bridgehead atoms. The van der Waals surface area contributed by atoms with Crippen LogP contribution in [0.4, 0.5) is 0 Å². The van der Waals surface area contributed by atoms with E-state index >= 15 is 0 Å². The van der Waals surface area contributed by atoms with Gasteiger partial charge in [-0.15, -0.1) is 10.2 Å². The zero-order valence-electron chi connectivity index (χ0n) is 19.9. The van der Waals surface area contributed by atoms with Gasteiger partial charge in [0.15, 0.2) is 11.8 Å². The summed E-state index contributed by atoms with van der Waals surface area (Å²) in [5, 5.41) is 15.5. The summed E-state index contributed by atoms with van der Waals surface area (Å²) in [6, 6.07) is 10.8. The summed E-state index contributed by atoms with van der Waals surface area (Å²) < 4.78 is 1.96. The van der Waals surface area contributed by atoms with Crippen molar-refractivity contribution in [2.24, 2.45) is 12.0 Å². The molecule has 0 saturated carbocycles. The lowest BCUT2D eigenvalue weighted by molar-refractivity contribution is -0.130. The van der Waals surface area contributed by atoms with Crippen molar-refractivity contribution in [1.82, 2.24) is 35.2 Å². The van der Waals surface area contributed by atoms with Crippen LogP contribution in [0.1, 0.15) is 43.0 Å². The van der Waals surface area contributed by atoms with Crippen molar-refractivity contribution in [3.05, 3.63) is 47.5 Å². The molecule has 1 aliphatic rings. The first-order valence-corrected chi connectivity index (χ1v) is 11.2. The van der Waals surface area contributed by atoms with Crippen LogP contribution in [0.25, 0.3) is 0 Å². The third-order valence-electron chi connectivity index (χ3n) is 6.00. The lowest BCUT2D eigenvalue weighted by atomic mass is 10.0. The van der Waals surface area contributed by atoms with Crippen LogP contribution in [0.3, 0.4) is 0 Å². The number of piperidine rings is 1. The van der Waals surface area contributed by atoms with E-state index in [0.29, 0.717) is 19.1 Å². The fourth-order valence-corrected chi connectivity index (χ4v) is 3.66. The second-order valence-corrected chi connectivity index (χ2v) is 8.65. The lowest BCUT2D eigenvalue weighted by Crippen LogP contribution is -2.50. The molecule has 3 rings (SSSR count). The molecule has 1 aromatic carbocycles. The highest BCUT2D eigenvalue weighted by Gasteiger charge is 2.22. The third-order valence-corrected chi connectivity index (χ3v) is 6.00. The summed E-state index contributed by atoms with van der Waals surface area (Å²) in [4.78, 5) is 20.7. The molecule has 1 aliphatic heterocycles. The van der Waals surface area contributed by atoms with Crippen molar-refractivity contribution in [2.45, 2.75) is 45.3 Å². The molecule has 0 aliphatic carbocycles. The van der Waals surface area contributed by atoms with Crippen molar-refractivity contribution in [2.75, 3.05) is 33.7 Å². The van der Waals surface area contributed by atoms with Gasteiger partial charge in [0.25, 0.3) is 0 Å².